The molecule has 18 heavy (non-hydrogen) atoms. The molecular weight excluding hydrogens is 236 g/mol. The zero-order valence-corrected chi connectivity index (χ0v) is 11.4. The number of halogens is 2. The highest BCUT2D eigenvalue weighted by molar-refractivity contribution is 5.21. The number of rotatable bonds is 6. The lowest BCUT2D eigenvalue weighted by atomic mass is 9.88. The van der Waals surface area contributed by atoms with Gasteiger partial charge in [-0.15, -0.1) is 0 Å². The minimum atomic E-state index is -0.509. The van der Waals surface area contributed by atoms with E-state index in [1.807, 2.05) is 13.8 Å². The van der Waals surface area contributed by atoms with Crippen LogP contribution in [0.5, 0.6) is 0 Å². The summed E-state index contributed by atoms with van der Waals surface area (Å²) in [4.78, 5) is 0. The maximum absolute atomic E-state index is 13.6. The molecule has 2 unspecified atom stereocenters. The van der Waals surface area contributed by atoms with Crippen molar-refractivity contribution in [1.82, 2.24) is 5.32 Å². The van der Waals surface area contributed by atoms with E-state index in [1.54, 1.807) is 14.2 Å². The van der Waals surface area contributed by atoms with E-state index < -0.39 is 17.2 Å². The first-order chi connectivity index (χ1) is 8.48. The van der Waals surface area contributed by atoms with E-state index in [1.165, 1.54) is 18.2 Å². The third-order valence-electron chi connectivity index (χ3n) is 3.72. The molecule has 0 aliphatic heterocycles. The van der Waals surface area contributed by atoms with Crippen LogP contribution in [0.25, 0.3) is 0 Å². The summed E-state index contributed by atoms with van der Waals surface area (Å²) in [5.41, 5.74) is -0.350. The van der Waals surface area contributed by atoms with E-state index in [4.69, 9.17) is 4.74 Å². The topological polar surface area (TPSA) is 21.3 Å². The monoisotopic (exact) mass is 257 g/mol. The number of hydrogen-bond acceptors (Lipinski definition) is 2. The van der Waals surface area contributed by atoms with Crippen molar-refractivity contribution in [1.29, 1.82) is 0 Å². The van der Waals surface area contributed by atoms with Crippen LogP contribution in [0.15, 0.2) is 18.2 Å². The minimum absolute atomic E-state index is 0.105. The van der Waals surface area contributed by atoms with Crippen LogP contribution in [0.1, 0.15) is 25.8 Å². The fourth-order valence-corrected chi connectivity index (χ4v) is 2.09. The second-order valence-electron chi connectivity index (χ2n) is 4.62. The van der Waals surface area contributed by atoms with E-state index in [2.05, 4.69) is 5.32 Å². The van der Waals surface area contributed by atoms with Gasteiger partial charge in [-0.05, 0) is 38.9 Å². The molecule has 1 rings (SSSR count). The first kappa shape index (κ1) is 15.1. The van der Waals surface area contributed by atoms with Gasteiger partial charge in [0, 0.05) is 18.7 Å². The third-order valence-corrected chi connectivity index (χ3v) is 3.72. The summed E-state index contributed by atoms with van der Waals surface area (Å²) >= 11 is 0. The summed E-state index contributed by atoms with van der Waals surface area (Å²) in [6.45, 7) is 3.93. The molecule has 4 heteroatoms. The van der Waals surface area contributed by atoms with Crippen LogP contribution in [-0.4, -0.2) is 25.8 Å². The van der Waals surface area contributed by atoms with Gasteiger partial charge in [-0.1, -0.05) is 13.0 Å². The highest BCUT2D eigenvalue weighted by atomic mass is 19.1. The van der Waals surface area contributed by atoms with Crippen molar-refractivity contribution in [2.75, 3.05) is 14.2 Å². The predicted molar refractivity (Wildman–Crippen MR) is 68.6 cm³/mol. The number of ether oxygens (including phenoxy) is 1. The van der Waals surface area contributed by atoms with Crippen molar-refractivity contribution < 1.29 is 13.5 Å². The largest absolute Gasteiger partial charge is 0.377 e. The van der Waals surface area contributed by atoms with Gasteiger partial charge in [-0.3, -0.25) is 0 Å². The maximum atomic E-state index is 13.6. The zero-order valence-electron chi connectivity index (χ0n) is 11.4. The Morgan fingerprint density at radius 1 is 1.33 bits per heavy atom. The summed E-state index contributed by atoms with van der Waals surface area (Å²) in [6.07, 6.45) is 1.01. The molecule has 0 saturated carbocycles. The minimum Gasteiger partial charge on any atom is -0.377 e. The summed E-state index contributed by atoms with van der Waals surface area (Å²) in [5, 5.41) is 3.09. The summed E-state index contributed by atoms with van der Waals surface area (Å²) in [5.74, 6) is -1.02. The van der Waals surface area contributed by atoms with Crippen LogP contribution < -0.4 is 5.32 Å². The Labute approximate surface area is 107 Å². The van der Waals surface area contributed by atoms with Crippen LogP contribution >= 0.6 is 0 Å². The van der Waals surface area contributed by atoms with Crippen LogP contribution in [-0.2, 0) is 11.2 Å². The zero-order chi connectivity index (χ0) is 13.8. The lowest BCUT2D eigenvalue weighted by Gasteiger charge is -2.35. The summed E-state index contributed by atoms with van der Waals surface area (Å²) in [6, 6.07) is 3.78. The second kappa shape index (κ2) is 6.25. The molecule has 0 amide bonds. The molecule has 2 atom stereocenters. The van der Waals surface area contributed by atoms with E-state index >= 15 is 0 Å². The molecule has 0 aliphatic rings. The van der Waals surface area contributed by atoms with Crippen molar-refractivity contribution in [2.24, 2.45) is 0 Å². The number of nitrogens with one attached hydrogen (secondary N) is 1. The van der Waals surface area contributed by atoms with Crippen LogP contribution in [0.3, 0.4) is 0 Å². The van der Waals surface area contributed by atoms with Gasteiger partial charge < -0.3 is 10.1 Å². The maximum Gasteiger partial charge on any atom is 0.129 e. The second-order valence-corrected chi connectivity index (χ2v) is 4.62. The molecule has 0 fully saturated rings. The highest BCUT2D eigenvalue weighted by Gasteiger charge is 2.32. The van der Waals surface area contributed by atoms with E-state index in [-0.39, 0.29) is 18.0 Å². The van der Waals surface area contributed by atoms with Gasteiger partial charge in [-0.25, -0.2) is 8.78 Å². The Hall–Kier alpha value is -1.00. The molecule has 102 valence electrons. The average molecular weight is 257 g/mol. The van der Waals surface area contributed by atoms with Crippen LogP contribution in [0, 0.1) is 11.6 Å². The number of likely N-dealkylation sites (N-methyl/N-ethyl adjacent to an activating group) is 1. The molecule has 2 nitrogen and oxygen atoms in total. The first-order valence-electron chi connectivity index (χ1n) is 6.13. The molecule has 0 saturated heterocycles. The van der Waals surface area contributed by atoms with Crippen LogP contribution in [0.2, 0.25) is 0 Å². The molecule has 0 bridgehead atoms. The van der Waals surface area contributed by atoms with Gasteiger partial charge in [0.15, 0.2) is 0 Å². The Kier molecular flexibility index (Phi) is 5.23. The molecule has 0 aromatic heterocycles. The van der Waals surface area contributed by atoms with E-state index in [9.17, 15) is 8.78 Å². The average Bonchev–Trinajstić information content (AvgIpc) is 2.37. The standard InChI is InChI=1S/C14H21F2NO/c1-5-14(2,18-4)13(17-3)9-10-11(15)7-6-8-12(10)16/h6-8,13,17H,5,9H2,1-4H3. The molecule has 0 heterocycles. The normalized spacial score (nSPS) is 16.3. The number of benzene rings is 1. The van der Waals surface area contributed by atoms with E-state index in [0.29, 0.717) is 0 Å². The molecule has 0 aliphatic carbocycles. The van der Waals surface area contributed by atoms with Crippen molar-refractivity contribution in [2.45, 2.75) is 38.3 Å². The Morgan fingerprint density at radius 2 is 1.89 bits per heavy atom. The van der Waals surface area contributed by atoms with Crippen molar-refractivity contribution in [3.8, 4) is 0 Å². The SMILES string of the molecule is CCC(C)(OC)C(Cc1c(F)cccc1F)NC. The molecule has 0 radical (unpaired) electrons. The number of methoxy groups -OCH3 is 1. The lowest BCUT2D eigenvalue weighted by molar-refractivity contribution is -0.0272. The van der Waals surface area contributed by atoms with Gasteiger partial charge >= 0.3 is 0 Å². The van der Waals surface area contributed by atoms with Gasteiger partial charge in [0.25, 0.3) is 0 Å². The summed E-state index contributed by atoms with van der Waals surface area (Å²) < 4.78 is 32.8. The Bertz CT molecular complexity index is 371. The van der Waals surface area contributed by atoms with Gasteiger partial charge in [0.05, 0.1) is 5.60 Å². The van der Waals surface area contributed by atoms with Crippen molar-refractivity contribution in [3.63, 3.8) is 0 Å². The van der Waals surface area contributed by atoms with Crippen molar-refractivity contribution in [3.05, 3.63) is 35.4 Å². The van der Waals surface area contributed by atoms with Gasteiger partial charge in [0.2, 0.25) is 0 Å². The third kappa shape index (κ3) is 3.06. The lowest BCUT2D eigenvalue weighted by Crippen LogP contribution is -2.50. The molecule has 1 aromatic rings. The van der Waals surface area contributed by atoms with Crippen molar-refractivity contribution >= 4 is 0 Å². The quantitative estimate of drug-likeness (QED) is 0.846. The fraction of sp³-hybridized carbons (Fsp3) is 0.571. The number of hydrogen-bond donors (Lipinski definition) is 1. The molecule has 0 spiro atoms. The van der Waals surface area contributed by atoms with E-state index in [0.717, 1.165) is 6.42 Å². The molecule has 1 aromatic carbocycles. The fourth-order valence-electron chi connectivity index (χ4n) is 2.09. The van der Waals surface area contributed by atoms with Gasteiger partial charge in [-0.2, -0.15) is 0 Å². The highest BCUT2D eigenvalue weighted by Crippen LogP contribution is 2.24. The Morgan fingerprint density at radius 3 is 2.28 bits per heavy atom. The predicted octanol–water partition coefficient (Wildman–Crippen LogP) is 2.91. The first-order valence-corrected chi connectivity index (χ1v) is 6.13. The van der Waals surface area contributed by atoms with Gasteiger partial charge in [0.1, 0.15) is 11.6 Å². The molecular formula is C14H21F2NO. The van der Waals surface area contributed by atoms with Crippen LogP contribution in [0.4, 0.5) is 8.78 Å². The Balaban J connectivity index is 3.00. The smallest absolute Gasteiger partial charge is 0.129 e. The summed E-state index contributed by atoms with van der Waals surface area (Å²) in [7, 11) is 3.39. The molecule has 1 N–H and O–H groups in total.